The quantitative estimate of drug-likeness (QED) is 0.690. The highest BCUT2D eigenvalue weighted by Crippen LogP contribution is 2.30. The summed E-state index contributed by atoms with van der Waals surface area (Å²) in [6.07, 6.45) is 3.31. The van der Waals surface area contributed by atoms with Crippen molar-refractivity contribution in [2.24, 2.45) is 0 Å². The van der Waals surface area contributed by atoms with Crippen LogP contribution in [0, 0.1) is 0 Å². The van der Waals surface area contributed by atoms with Gasteiger partial charge in [-0.05, 0) is 31.5 Å². The normalized spacial score (nSPS) is 18.0. The minimum Gasteiger partial charge on any atom is -0.417 e. The summed E-state index contributed by atoms with van der Waals surface area (Å²) in [6, 6.07) is 0.0961. The maximum absolute atomic E-state index is 11.5. The zero-order valence-corrected chi connectivity index (χ0v) is 13.3. The van der Waals surface area contributed by atoms with Crippen molar-refractivity contribution in [1.82, 2.24) is 10.2 Å². The minimum absolute atomic E-state index is 0.0961. The smallest absolute Gasteiger partial charge is 0.317 e. The number of nitrogens with one attached hydrogen (secondary N) is 1. The Morgan fingerprint density at radius 3 is 2.67 bits per heavy atom. The Hall–Kier alpha value is -0.553. The topological polar surface area (TPSA) is 41.6 Å². The van der Waals surface area contributed by atoms with Gasteiger partial charge in [0.1, 0.15) is 0 Å². The highest BCUT2D eigenvalue weighted by Gasteiger charge is 2.33. The zero-order chi connectivity index (χ0) is 13.6. The van der Waals surface area contributed by atoms with Crippen molar-refractivity contribution in [3.05, 3.63) is 0 Å². The Kier molecular flexibility index (Phi) is 6.15. The Morgan fingerprint density at radius 2 is 2.17 bits per heavy atom. The lowest BCUT2D eigenvalue weighted by atomic mass is 10.2. The highest BCUT2D eigenvalue weighted by atomic mass is 28.4. The highest BCUT2D eigenvalue weighted by molar-refractivity contribution is 6.72. The molecular weight excluding hydrogens is 244 g/mol. The third-order valence-electron chi connectivity index (χ3n) is 3.85. The van der Waals surface area contributed by atoms with Gasteiger partial charge in [-0.15, -0.1) is 0 Å². The van der Waals surface area contributed by atoms with Crippen LogP contribution in [0.15, 0.2) is 0 Å². The lowest BCUT2D eigenvalue weighted by Crippen LogP contribution is -2.39. The maximum Gasteiger partial charge on any atom is 0.317 e. The molecule has 4 nitrogen and oxygen atoms in total. The molecule has 1 unspecified atom stereocenters. The van der Waals surface area contributed by atoms with Crippen molar-refractivity contribution in [2.75, 3.05) is 26.2 Å². The molecule has 0 bridgehead atoms. The molecule has 0 spiro atoms. The third-order valence-corrected chi connectivity index (χ3v) is 7.46. The monoisotopic (exact) mass is 272 g/mol. The van der Waals surface area contributed by atoms with E-state index >= 15 is 0 Å². The lowest BCUT2D eigenvalue weighted by Gasteiger charge is -2.32. The molecule has 1 heterocycles. The molecule has 1 rings (SSSR count). The minimum atomic E-state index is -1.61. The van der Waals surface area contributed by atoms with Gasteiger partial charge in [0.05, 0.1) is 0 Å². The van der Waals surface area contributed by atoms with E-state index in [0.717, 1.165) is 45.5 Å². The summed E-state index contributed by atoms with van der Waals surface area (Å²) < 4.78 is 6.09. The van der Waals surface area contributed by atoms with Crippen LogP contribution in [-0.2, 0) is 4.43 Å². The van der Waals surface area contributed by atoms with E-state index in [1.807, 2.05) is 4.90 Å². The van der Waals surface area contributed by atoms with Crippen molar-refractivity contribution in [2.45, 2.75) is 51.7 Å². The Balaban J connectivity index is 2.42. The van der Waals surface area contributed by atoms with Gasteiger partial charge < -0.3 is 14.6 Å². The second-order valence-electron chi connectivity index (χ2n) is 5.56. The van der Waals surface area contributed by atoms with Gasteiger partial charge in [0.15, 0.2) is 8.32 Å². The lowest BCUT2D eigenvalue weighted by molar-refractivity contribution is 0.215. The van der Waals surface area contributed by atoms with E-state index in [9.17, 15) is 4.79 Å². The first-order valence-electron chi connectivity index (χ1n) is 7.18. The molecule has 18 heavy (non-hydrogen) atoms. The molecule has 0 aromatic heterocycles. The van der Waals surface area contributed by atoms with Gasteiger partial charge in [-0.25, -0.2) is 4.79 Å². The number of carbonyl (C=O) groups is 1. The second kappa shape index (κ2) is 7.14. The maximum atomic E-state index is 11.5. The van der Waals surface area contributed by atoms with E-state index in [4.69, 9.17) is 4.43 Å². The number of hydrogen-bond acceptors (Lipinski definition) is 2. The van der Waals surface area contributed by atoms with E-state index in [1.54, 1.807) is 0 Å². The van der Waals surface area contributed by atoms with Gasteiger partial charge in [-0.3, -0.25) is 0 Å². The van der Waals surface area contributed by atoms with E-state index in [1.165, 1.54) is 0 Å². The molecule has 0 aromatic rings. The molecule has 1 N–H and O–H groups in total. The van der Waals surface area contributed by atoms with Gasteiger partial charge >= 0.3 is 6.03 Å². The number of rotatable bonds is 8. The predicted molar refractivity (Wildman–Crippen MR) is 77.4 cm³/mol. The summed E-state index contributed by atoms with van der Waals surface area (Å²) >= 11 is 0. The fourth-order valence-electron chi connectivity index (χ4n) is 2.56. The van der Waals surface area contributed by atoms with E-state index in [2.05, 4.69) is 32.3 Å². The number of urea groups is 1. The molecule has 1 fully saturated rings. The summed E-state index contributed by atoms with van der Waals surface area (Å²) in [4.78, 5) is 13.4. The summed E-state index contributed by atoms with van der Waals surface area (Å²) in [6.45, 7) is 12.4. The predicted octanol–water partition coefficient (Wildman–Crippen LogP) is 2.81. The largest absolute Gasteiger partial charge is 0.417 e. The second-order valence-corrected chi connectivity index (χ2v) is 9.88. The van der Waals surface area contributed by atoms with Crippen LogP contribution in [-0.4, -0.2) is 45.5 Å². The van der Waals surface area contributed by atoms with Crippen LogP contribution >= 0.6 is 0 Å². The molecule has 0 aliphatic carbocycles. The first kappa shape index (κ1) is 15.5. The van der Waals surface area contributed by atoms with Crippen molar-refractivity contribution in [3.63, 3.8) is 0 Å². The molecule has 0 saturated carbocycles. The van der Waals surface area contributed by atoms with Gasteiger partial charge in [0.25, 0.3) is 0 Å². The summed E-state index contributed by atoms with van der Waals surface area (Å²) in [5.74, 6) is 0. The van der Waals surface area contributed by atoms with Gasteiger partial charge in [-0.1, -0.05) is 20.3 Å². The van der Waals surface area contributed by atoms with Gasteiger partial charge in [-0.2, -0.15) is 0 Å². The number of carbonyl (C=O) groups excluding carboxylic acids is 1. The number of nitrogens with zero attached hydrogens (tertiary/aromatic N) is 1. The van der Waals surface area contributed by atoms with Crippen LogP contribution in [0.2, 0.25) is 18.6 Å². The molecule has 1 aliphatic rings. The molecule has 5 heteroatoms. The van der Waals surface area contributed by atoms with Gasteiger partial charge in [0, 0.05) is 26.2 Å². The Morgan fingerprint density at radius 1 is 1.44 bits per heavy atom. The van der Waals surface area contributed by atoms with E-state index in [-0.39, 0.29) is 6.03 Å². The molecule has 1 aliphatic heterocycles. The van der Waals surface area contributed by atoms with E-state index in [0.29, 0.717) is 5.54 Å². The van der Waals surface area contributed by atoms with Crippen molar-refractivity contribution in [1.29, 1.82) is 0 Å². The first-order chi connectivity index (χ1) is 8.51. The first-order valence-corrected chi connectivity index (χ1v) is 10.2. The fourth-order valence-corrected chi connectivity index (χ4v) is 5.34. The average Bonchev–Trinajstić information content (AvgIpc) is 2.73. The van der Waals surface area contributed by atoms with Crippen LogP contribution in [0.1, 0.15) is 33.1 Å². The molecule has 0 radical (unpaired) electrons. The van der Waals surface area contributed by atoms with Crippen LogP contribution in [0.4, 0.5) is 4.79 Å². The fraction of sp³-hybridized carbons (Fsp3) is 0.923. The third kappa shape index (κ3) is 4.28. The Labute approximate surface area is 112 Å². The van der Waals surface area contributed by atoms with E-state index < -0.39 is 8.32 Å². The van der Waals surface area contributed by atoms with Gasteiger partial charge in [0.2, 0.25) is 0 Å². The SMILES string of the molecule is CCCO[Si](C)(C)C(CC)CCN1CCNC1=O. The number of amides is 2. The number of hydrogen-bond donors (Lipinski definition) is 1. The molecule has 1 saturated heterocycles. The zero-order valence-electron chi connectivity index (χ0n) is 12.3. The Bertz CT molecular complexity index is 272. The molecule has 1 atom stereocenters. The van der Waals surface area contributed by atoms with Crippen LogP contribution in [0.5, 0.6) is 0 Å². The summed E-state index contributed by atoms with van der Waals surface area (Å²) in [5, 5.41) is 2.85. The van der Waals surface area contributed by atoms with Crippen molar-refractivity contribution < 1.29 is 9.22 Å². The van der Waals surface area contributed by atoms with Crippen LogP contribution in [0.3, 0.4) is 0 Å². The molecule has 0 aromatic carbocycles. The molecule has 106 valence electrons. The van der Waals surface area contributed by atoms with Crippen LogP contribution < -0.4 is 5.32 Å². The summed E-state index contributed by atoms with van der Waals surface area (Å²) in [7, 11) is -1.61. The average molecular weight is 272 g/mol. The molecular formula is C13H28N2O2Si. The summed E-state index contributed by atoms with van der Waals surface area (Å²) in [5.41, 5.74) is 0.637. The van der Waals surface area contributed by atoms with Crippen LogP contribution in [0.25, 0.3) is 0 Å². The van der Waals surface area contributed by atoms with Crippen molar-refractivity contribution in [3.8, 4) is 0 Å². The van der Waals surface area contributed by atoms with Crippen molar-refractivity contribution >= 4 is 14.3 Å². The molecule has 2 amide bonds. The standard InChI is InChI=1S/C13H28N2O2Si/c1-5-11-17-18(3,4)12(6-2)7-9-15-10-8-14-13(15)16/h12H,5-11H2,1-4H3,(H,14,16).